The lowest BCUT2D eigenvalue weighted by Crippen LogP contribution is -2.59. The number of carbonyl (C=O) groups excluding carboxylic acids is 1. The van der Waals surface area contributed by atoms with E-state index < -0.39 is 5.60 Å². The molecule has 106 valence electrons. The number of nitrogens with zero attached hydrogens (tertiary/aromatic N) is 2. The molecule has 0 unspecified atom stereocenters. The fourth-order valence-corrected chi connectivity index (χ4v) is 2.49. The molecule has 1 fully saturated rings. The summed E-state index contributed by atoms with van der Waals surface area (Å²) in [5.41, 5.74) is -1.11. The van der Waals surface area contributed by atoms with Gasteiger partial charge in [0.2, 0.25) is 0 Å². The average Bonchev–Trinajstić information content (AvgIpc) is 2.23. The Morgan fingerprint density at radius 2 is 2.06 bits per heavy atom. The van der Waals surface area contributed by atoms with Crippen molar-refractivity contribution in [3.8, 4) is 0 Å². The predicted molar refractivity (Wildman–Crippen MR) is 73.4 cm³/mol. The van der Waals surface area contributed by atoms with E-state index in [9.17, 15) is 9.90 Å². The summed E-state index contributed by atoms with van der Waals surface area (Å²) < 4.78 is 0. The standard InChI is InChI=1S/C14H28N2O2/c1-6-15(5)11-14(18)8-7-9-16(12(14)17)10-13(2,3)4/h18H,6-11H2,1-5H3/t14-/m0/s1. The molecule has 4 heteroatoms. The highest BCUT2D eigenvalue weighted by atomic mass is 16.3. The largest absolute Gasteiger partial charge is 0.379 e. The van der Waals surface area contributed by atoms with Gasteiger partial charge < -0.3 is 14.9 Å². The zero-order valence-electron chi connectivity index (χ0n) is 12.5. The van der Waals surface area contributed by atoms with Crippen LogP contribution in [-0.4, -0.2) is 59.6 Å². The highest BCUT2D eigenvalue weighted by Gasteiger charge is 2.43. The molecule has 1 rings (SSSR count). The van der Waals surface area contributed by atoms with Crippen LogP contribution in [0.25, 0.3) is 0 Å². The van der Waals surface area contributed by atoms with Crippen molar-refractivity contribution in [2.75, 3.05) is 33.2 Å². The lowest BCUT2D eigenvalue weighted by atomic mass is 9.88. The van der Waals surface area contributed by atoms with Crippen molar-refractivity contribution < 1.29 is 9.90 Å². The number of likely N-dealkylation sites (N-methyl/N-ethyl adjacent to an activating group) is 1. The Bertz CT molecular complexity index is 299. The van der Waals surface area contributed by atoms with Crippen LogP contribution in [0.1, 0.15) is 40.5 Å². The third-order valence-electron chi connectivity index (χ3n) is 3.44. The van der Waals surface area contributed by atoms with Crippen molar-refractivity contribution in [3.63, 3.8) is 0 Å². The summed E-state index contributed by atoms with van der Waals surface area (Å²) in [5, 5.41) is 10.6. The number of amides is 1. The molecule has 0 aromatic carbocycles. The number of rotatable bonds is 4. The molecule has 18 heavy (non-hydrogen) atoms. The van der Waals surface area contributed by atoms with E-state index >= 15 is 0 Å². The lowest BCUT2D eigenvalue weighted by Gasteiger charge is -2.42. The van der Waals surface area contributed by atoms with E-state index in [1.54, 1.807) is 0 Å². The highest BCUT2D eigenvalue weighted by molar-refractivity contribution is 5.86. The van der Waals surface area contributed by atoms with Crippen LogP contribution in [0.4, 0.5) is 0 Å². The summed E-state index contributed by atoms with van der Waals surface area (Å²) in [6.45, 7) is 11.1. The molecule has 1 saturated heterocycles. The highest BCUT2D eigenvalue weighted by Crippen LogP contribution is 2.26. The maximum absolute atomic E-state index is 12.4. The van der Waals surface area contributed by atoms with Crippen LogP contribution in [-0.2, 0) is 4.79 Å². The van der Waals surface area contributed by atoms with Gasteiger partial charge in [0.05, 0.1) is 0 Å². The second-order valence-corrected chi connectivity index (χ2v) is 6.75. The van der Waals surface area contributed by atoms with Crippen LogP contribution in [0.3, 0.4) is 0 Å². The van der Waals surface area contributed by atoms with Gasteiger partial charge in [-0.3, -0.25) is 4.79 Å². The number of hydrogen-bond acceptors (Lipinski definition) is 3. The van der Waals surface area contributed by atoms with Crippen molar-refractivity contribution in [1.82, 2.24) is 9.80 Å². The molecule has 0 aromatic rings. The van der Waals surface area contributed by atoms with Crippen molar-refractivity contribution in [1.29, 1.82) is 0 Å². The zero-order chi connectivity index (χ0) is 14.0. The fraction of sp³-hybridized carbons (Fsp3) is 0.929. The van der Waals surface area contributed by atoms with Gasteiger partial charge >= 0.3 is 0 Å². The normalized spacial score (nSPS) is 25.9. The summed E-state index contributed by atoms with van der Waals surface area (Å²) in [6.07, 6.45) is 1.46. The summed E-state index contributed by atoms with van der Waals surface area (Å²) >= 11 is 0. The molecule has 0 aromatic heterocycles. The SMILES string of the molecule is CCN(C)C[C@@]1(O)CCCN(CC(C)(C)C)C1=O. The number of piperidine rings is 1. The van der Waals surface area contributed by atoms with E-state index in [0.717, 1.165) is 19.5 Å². The zero-order valence-corrected chi connectivity index (χ0v) is 12.5. The van der Waals surface area contributed by atoms with E-state index in [1.807, 2.05) is 23.8 Å². The molecule has 0 saturated carbocycles. The van der Waals surface area contributed by atoms with Crippen molar-refractivity contribution >= 4 is 5.91 Å². The first-order chi connectivity index (χ1) is 8.18. The van der Waals surface area contributed by atoms with E-state index in [-0.39, 0.29) is 11.3 Å². The Balaban J connectivity index is 2.74. The van der Waals surface area contributed by atoms with Crippen LogP contribution in [0.15, 0.2) is 0 Å². The third kappa shape index (κ3) is 3.95. The van der Waals surface area contributed by atoms with Gasteiger partial charge in [-0.15, -0.1) is 0 Å². The van der Waals surface area contributed by atoms with E-state index in [2.05, 4.69) is 20.8 Å². The average molecular weight is 256 g/mol. The van der Waals surface area contributed by atoms with E-state index in [0.29, 0.717) is 19.5 Å². The quantitative estimate of drug-likeness (QED) is 0.825. The molecule has 1 atom stereocenters. The van der Waals surface area contributed by atoms with Crippen LogP contribution in [0.5, 0.6) is 0 Å². The topological polar surface area (TPSA) is 43.8 Å². The van der Waals surface area contributed by atoms with Gasteiger partial charge in [-0.25, -0.2) is 0 Å². The maximum Gasteiger partial charge on any atom is 0.255 e. The maximum atomic E-state index is 12.4. The molecule has 1 aliphatic heterocycles. The van der Waals surface area contributed by atoms with Gasteiger partial charge in [-0.2, -0.15) is 0 Å². The smallest absolute Gasteiger partial charge is 0.255 e. The molecular formula is C14H28N2O2. The first-order valence-electron chi connectivity index (χ1n) is 6.88. The van der Waals surface area contributed by atoms with Gasteiger partial charge in [-0.1, -0.05) is 27.7 Å². The van der Waals surface area contributed by atoms with Gasteiger partial charge in [0.25, 0.3) is 5.91 Å². The van der Waals surface area contributed by atoms with Gasteiger partial charge in [0, 0.05) is 19.6 Å². The molecular weight excluding hydrogens is 228 g/mol. The Kier molecular flexibility index (Phi) is 4.78. The Morgan fingerprint density at radius 1 is 1.44 bits per heavy atom. The van der Waals surface area contributed by atoms with Gasteiger partial charge in [-0.05, 0) is 31.8 Å². The molecule has 4 nitrogen and oxygen atoms in total. The summed E-state index contributed by atoms with van der Waals surface area (Å²) in [4.78, 5) is 16.3. The minimum atomic E-state index is -1.19. The van der Waals surface area contributed by atoms with E-state index in [1.165, 1.54) is 0 Å². The minimum Gasteiger partial charge on any atom is -0.379 e. The molecule has 1 N–H and O–H groups in total. The monoisotopic (exact) mass is 256 g/mol. The lowest BCUT2D eigenvalue weighted by molar-refractivity contribution is -0.160. The van der Waals surface area contributed by atoms with Crippen molar-refractivity contribution in [2.24, 2.45) is 5.41 Å². The molecule has 1 heterocycles. The molecule has 1 aliphatic rings. The Labute approximate surface area is 111 Å². The third-order valence-corrected chi connectivity index (χ3v) is 3.44. The van der Waals surface area contributed by atoms with Gasteiger partial charge in [0.1, 0.15) is 0 Å². The van der Waals surface area contributed by atoms with E-state index in [4.69, 9.17) is 0 Å². The molecule has 0 spiro atoms. The molecule has 0 bridgehead atoms. The minimum absolute atomic E-state index is 0.0740. The second-order valence-electron chi connectivity index (χ2n) is 6.75. The summed E-state index contributed by atoms with van der Waals surface area (Å²) in [6, 6.07) is 0. The Hall–Kier alpha value is -0.610. The number of aliphatic hydroxyl groups is 1. The number of hydrogen-bond donors (Lipinski definition) is 1. The summed E-state index contributed by atoms with van der Waals surface area (Å²) in [5.74, 6) is -0.0935. The summed E-state index contributed by atoms with van der Waals surface area (Å²) in [7, 11) is 1.94. The molecule has 0 radical (unpaired) electrons. The van der Waals surface area contributed by atoms with Crippen molar-refractivity contribution in [3.05, 3.63) is 0 Å². The second kappa shape index (κ2) is 5.57. The molecule has 0 aliphatic carbocycles. The van der Waals surface area contributed by atoms with Crippen LogP contribution >= 0.6 is 0 Å². The Morgan fingerprint density at radius 3 is 2.56 bits per heavy atom. The van der Waals surface area contributed by atoms with Gasteiger partial charge in [0.15, 0.2) is 5.60 Å². The van der Waals surface area contributed by atoms with Crippen LogP contribution < -0.4 is 0 Å². The number of likely N-dealkylation sites (tertiary alicyclic amines) is 1. The first kappa shape index (κ1) is 15.4. The number of carbonyl (C=O) groups is 1. The van der Waals surface area contributed by atoms with Crippen LogP contribution in [0, 0.1) is 5.41 Å². The molecule has 1 amide bonds. The van der Waals surface area contributed by atoms with Crippen LogP contribution in [0.2, 0.25) is 0 Å². The first-order valence-corrected chi connectivity index (χ1v) is 6.88. The fourth-order valence-electron chi connectivity index (χ4n) is 2.49. The predicted octanol–water partition coefficient (Wildman–Crippen LogP) is 1.34. The van der Waals surface area contributed by atoms with Crippen molar-refractivity contribution in [2.45, 2.75) is 46.1 Å².